The highest BCUT2D eigenvalue weighted by molar-refractivity contribution is 7.18. The largest absolute Gasteiger partial charge is 0.337 e. The van der Waals surface area contributed by atoms with Crippen LogP contribution in [0.1, 0.15) is 43.1 Å². The predicted octanol–water partition coefficient (Wildman–Crippen LogP) is 4.39. The van der Waals surface area contributed by atoms with Gasteiger partial charge in [0.15, 0.2) is 0 Å². The van der Waals surface area contributed by atoms with Crippen molar-refractivity contribution in [2.75, 3.05) is 5.32 Å². The number of thiophene rings is 1. The first-order valence-electron chi connectivity index (χ1n) is 7.57. The van der Waals surface area contributed by atoms with Crippen LogP contribution in [0.4, 0.5) is 11.5 Å². The quantitative estimate of drug-likeness (QED) is 0.775. The van der Waals surface area contributed by atoms with Gasteiger partial charge in [-0.05, 0) is 40.2 Å². The van der Waals surface area contributed by atoms with E-state index in [-0.39, 0.29) is 0 Å². The maximum absolute atomic E-state index is 4.62. The van der Waals surface area contributed by atoms with Crippen molar-refractivity contribution in [1.29, 1.82) is 0 Å². The zero-order chi connectivity index (χ0) is 15.9. The lowest BCUT2D eigenvalue weighted by atomic mass is 10.2. The molecule has 0 radical (unpaired) electrons. The van der Waals surface area contributed by atoms with Crippen molar-refractivity contribution in [3.63, 3.8) is 0 Å². The maximum atomic E-state index is 4.62. The molecule has 3 rings (SSSR count). The Morgan fingerprint density at radius 2 is 2.05 bits per heavy atom. The van der Waals surface area contributed by atoms with Crippen molar-refractivity contribution in [3.05, 3.63) is 28.7 Å². The molecule has 5 nitrogen and oxygen atoms in total. The molecule has 1 N–H and O–H groups in total. The number of rotatable bonds is 4. The first-order valence-corrected chi connectivity index (χ1v) is 8.39. The number of anilines is 2. The van der Waals surface area contributed by atoms with Crippen molar-refractivity contribution in [2.24, 2.45) is 0 Å². The molecule has 0 aliphatic rings. The molecule has 0 saturated carbocycles. The summed E-state index contributed by atoms with van der Waals surface area (Å²) in [5.74, 6) is 0.857. The summed E-state index contributed by atoms with van der Waals surface area (Å²) in [6, 6.07) is 2.52. The van der Waals surface area contributed by atoms with Gasteiger partial charge in [0.2, 0.25) is 0 Å². The molecule has 0 aliphatic heterocycles. The van der Waals surface area contributed by atoms with Crippen LogP contribution in [0.3, 0.4) is 0 Å². The molecule has 0 bridgehead atoms. The smallest absolute Gasteiger partial charge is 0.142 e. The van der Waals surface area contributed by atoms with E-state index >= 15 is 0 Å². The van der Waals surface area contributed by atoms with E-state index in [1.54, 1.807) is 17.7 Å². The molecule has 0 saturated heterocycles. The monoisotopic (exact) mass is 315 g/mol. The van der Waals surface area contributed by atoms with E-state index in [1.165, 1.54) is 4.88 Å². The lowest BCUT2D eigenvalue weighted by Crippen LogP contribution is -2.05. The molecular weight excluding hydrogens is 294 g/mol. The number of aryl methyl sites for hydroxylation is 2. The van der Waals surface area contributed by atoms with Gasteiger partial charge in [-0.3, -0.25) is 4.68 Å². The predicted molar refractivity (Wildman–Crippen MR) is 92.2 cm³/mol. The Bertz CT molecular complexity index is 815. The molecule has 0 atom stereocenters. The second kappa shape index (κ2) is 5.68. The van der Waals surface area contributed by atoms with E-state index in [0.29, 0.717) is 6.04 Å². The minimum atomic E-state index is 0.340. The van der Waals surface area contributed by atoms with Gasteiger partial charge in [-0.1, -0.05) is 6.92 Å². The van der Waals surface area contributed by atoms with E-state index in [9.17, 15) is 0 Å². The molecule has 0 amide bonds. The molecule has 0 unspecified atom stereocenters. The van der Waals surface area contributed by atoms with Gasteiger partial charge in [0.05, 0.1) is 22.5 Å². The van der Waals surface area contributed by atoms with Crippen LogP contribution in [0.15, 0.2) is 12.4 Å². The van der Waals surface area contributed by atoms with Crippen molar-refractivity contribution < 1.29 is 0 Å². The summed E-state index contributed by atoms with van der Waals surface area (Å²) in [5, 5.41) is 9.17. The molecule has 3 heterocycles. The second-order valence-electron chi connectivity index (χ2n) is 5.72. The van der Waals surface area contributed by atoms with Crippen molar-refractivity contribution in [3.8, 4) is 0 Å². The van der Waals surface area contributed by atoms with Crippen LogP contribution in [0.5, 0.6) is 0 Å². The number of hydrogen-bond donors (Lipinski definition) is 1. The molecule has 6 heteroatoms. The Balaban J connectivity index is 2.05. The molecule has 116 valence electrons. The maximum Gasteiger partial charge on any atom is 0.142 e. The summed E-state index contributed by atoms with van der Waals surface area (Å²) in [4.78, 5) is 11.2. The number of aromatic nitrogens is 4. The summed E-state index contributed by atoms with van der Waals surface area (Å²) < 4.78 is 2.04. The van der Waals surface area contributed by atoms with Gasteiger partial charge in [0.25, 0.3) is 0 Å². The Morgan fingerprint density at radius 1 is 1.27 bits per heavy atom. The summed E-state index contributed by atoms with van der Waals surface area (Å²) >= 11 is 1.73. The van der Waals surface area contributed by atoms with E-state index in [0.717, 1.165) is 39.5 Å². The van der Waals surface area contributed by atoms with Crippen molar-refractivity contribution in [2.45, 2.75) is 47.1 Å². The van der Waals surface area contributed by atoms with Gasteiger partial charge in [-0.15, -0.1) is 11.3 Å². The van der Waals surface area contributed by atoms with Crippen LogP contribution in [0, 0.1) is 13.8 Å². The topological polar surface area (TPSA) is 55.6 Å². The molecule has 22 heavy (non-hydrogen) atoms. The highest BCUT2D eigenvalue weighted by Crippen LogP contribution is 2.32. The highest BCUT2D eigenvalue weighted by atomic mass is 32.1. The molecule has 3 aromatic rings. The van der Waals surface area contributed by atoms with E-state index in [4.69, 9.17) is 0 Å². The van der Waals surface area contributed by atoms with Crippen LogP contribution >= 0.6 is 11.3 Å². The fourth-order valence-electron chi connectivity index (χ4n) is 2.64. The minimum absolute atomic E-state index is 0.340. The third-order valence-electron chi connectivity index (χ3n) is 3.79. The number of hydrogen-bond acceptors (Lipinski definition) is 5. The van der Waals surface area contributed by atoms with Crippen molar-refractivity contribution in [1.82, 2.24) is 19.7 Å². The van der Waals surface area contributed by atoms with Crippen LogP contribution < -0.4 is 5.32 Å². The normalized spacial score (nSPS) is 11.5. The third kappa shape index (κ3) is 2.47. The molecule has 0 fully saturated rings. The average molecular weight is 315 g/mol. The summed E-state index contributed by atoms with van der Waals surface area (Å²) in [6.45, 7) is 10.5. The summed E-state index contributed by atoms with van der Waals surface area (Å²) in [6.07, 6.45) is 2.64. The Morgan fingerprint density at radius 3 is 2.68 bits per heavy atom. The highest BCUT2D eigenvalue weighted by Gasteiger charge is 2.16. The number of fused-ring (bicyclic) bond motifs is 1. The van der Waals surface area contributed by atoms with Gasteiger partial charge in [0.1, 0.15) is 17.0 Å². The molecule has 0 aromatic carbocycles. The van der Waals surface area contributed by atoms with Crippen LogP contribution in [-0.2, 0) is 6.42 Å². The minimum Gasteiger partial charge on any atom is -0.337 e. The van der Waals surface area contributed by atoms with Crippen LogP contribution in [0.2, 0.25) is 0 Å². The van der Waals surface area contributed by atoms with E-state index < -0.39 is 0 Å². The average Bonchev–Trinajstić information content (AvgIpc) is 3.03. The van der Waals surface area contributed by atoms with E-state index in [2.05, 4.69) is 54.1 Å². The molecular formula is C16H21N5S. The van der Waals surface area contributed by atoms with Crippen LogP contribution in [-0.4, -0.2) is 19.7 Å². The second-order valence-corrected chi connectivity index (χ2v) is 6.83. The van der Waals surface area contributed by atoms with Crippen molar-refractivity contribution >= 4 is 33.1 Å². The third-order valence-corrected chi connectivity index (χ3v) is 4.97. The molecule has 0 spiro atoms. The zero-order valence-corrected chi connectivity index (χ0v) is 14.5. The summed E-state index contributed by atoms with van der Waals surface area (Å²) in [7, 11) is 0. The Kier molecular flexibility index (Phi) is 3.87. The molecule has 0 aliphatic carbocycles. The first-order chi connectivity index (χ1) is 10.5. The lowest BCUT2D eigenvalue weighted by molar-refractivity contribution is 0.516. The fourth-order valence-corrected chi connectivity index (χ4v) is 3.58. The SMILES string of the molecule is CCc1cc2c(Nc3c(C)nn(C(C)C)c3C)ncnc2s1. The van der Waals surface area contributed by atoms with Crippen LogP contribution in [0.25, 0.3) is 10.2 Å². The number of nitrogens with one attached hydrogen (secondary N) is 1. The Labute approximate surface area is 134 Å². The standard InChI is InChI=1S/C16H21N5S/c1-6-12-7-13-15(17-8-18-16(13)22-12)19-14-10(4)20-21(9(2)3)11(14)5/h7-9H,6H2,1-5H3,(H,17,18,19). The first kappa shape index (κ1) is 15.0. The van der Waals surface area contributed by atoms with Gasteiger partial charge in [0, 0.05) is 10.9 Å². The molecule has 3 aromatic heterocycles. The fraction of sp³-hybridized carbons (Fsp3) is 0.438. The Hall–Kier alpha value is -1.95. The summed E-state index contributed by atoms with van der Waals surface area (Å²) in [5.41, 5.74) is 3.16. The van der Waals surface area contributed by atoms with Gasteiger partial charge in [-0.2, -0.15) is 5.10 Å². The zero-order valence-electron chi connectivity index (χ0n) is 13.6. The van der Waals surface area contributed by atoms with Gasteiger partial charge < -0.3 is 5.32 Å². The van der Waals surface area contributed by atoms with Gasteiger partial charge >= 0.3 is 0 Å². The van der Waals surface area contributed by atoms with Gasteiger partial charge in [-0.25, -0.2) is 9.97 Å². The van der Waals surface area contributed by atoms with E-state index in [1.807, 2.05) is 11.6 Å². The number of nitrogens with zero attached hydrogens (tertiary/aromatic N) is 4. The lowest BCUT2D eigenvalue weighted by Gasteiger charge is -2.10.